The highest BCUT2D eigenvalue weighted by molar-refractivity contribution is 7.90. The maximum absolute atomic E-state index is 11.8. The third-order valence-corrected chi connectivity index (χ3v) is 7.33. The van der Waals surface area contributed by atoms with E-state index in [0.29, 0.717) is 11.9 Å². The summed E-state index contributed by atoms with van der Waals surface area (Å²) in [6, 6.07) is 7.90. The average molecular weight is 417 g/mol. The molecule has 2 unspecified atom stereocenters. The van der Waals surface area contributed by atoms with Gasteiger partial charge in [-0.3, -0.25) is 5.10 Å². The highest BCUT2D eigenvalue weighted by Gasteiger charge is 2.31. The van der Waals surface area contributed by atoms with E-state index in [2.05, 4.69) is 20.8 Å². The molecule has 29 heavy (non-hydrogen) atoms. The Morgan fingerprint density at radius 2 is 1.93 bits per heavy atom. The van der Waals surface area contributed by atoms with Crippen molar-refractivity contribution in [3.05, 3.63) is 41.1 Å². The first kappa shape index (κ1) is 18.5. The van der Waals surface area contributed by atoms with Gasteiger partial charge in [-0.05, 0) is 55.4 Å². The summed E-state index contributed by atoms with van der Waals surface area (Å²) in [7, 11) is -3.01. The number of carbonyl (C=O) groups excluding carboxylic acids is 1. The van der Waals surface area contributed by atoms with Gasteiger partial charge in [0.05, 0.1) is 11.5 Å². The molecule has 8 nitrogen and oxygen atoms in total. The summed E-state index contributed by atoms with van der Waals surface area (Å²) in [5, 5.41) is 13.5. The normalized spacial score (nSPS) is 24.8. The zero-order valence-corrected chi connectivity index (χ0v) is 16.8. The molecule has 0 spiro atoms. The number of anilines is 2. The Hall–Kier alpha value is -2.55. The molecule has 2 saturated carbocycles. The van der Waals surface area contributed by atoms with E-state index in [9.17, 15) is 13.2 Å². The number of sulfone groups is 1. The number of rotatable bonds is 5. The SMILES string of the molecule is O=C(NC1CC1)OC1CCC(c2cc(Nc3ccc4c(c3)CS(=O)(=O)C4)n[nH]2)C1. The van der Waals surface area contributed by atoms with Crippen molar-refractivity contribution in [2.24, 2.45) is 0 Å². The van der Waals surface area contributed by atoms with Gasteiger partial charge in [0.15, 0.2) is 15.7 Å². The lowest BCUT2D eigenvalue weighted by molar-refractivity contribution is 0.0997. The number of hydrogen-bond donors (Lipinski definition) is 3. The largest absolute Gasteiger partial charge is 0.446 e. The van der Waals surface area contributed by atoms with Crippen LogP contribution >= 0.6 is 0 Å². The molecule has 1 aromatic carbocycles. The van der Waals surface area contributed by atoms with Crippen LogP contribution in [0, 0.1) is 0 Å². The molecule has 1 amide bonds. The molecule has 1 aliphatic heterocycles. The van der Waals surface area contributed by atoms with E-state index in [1.807, 2.05) is 24.3 Å². The lowest BCUT2D eigenvalue weighted by atomic mass is 10.0. The summed E-state index contributed by atoms with van der Waals surface area (Å²) in [6.07, 6.45) is 4.32. The second-order valence-electron chi connectivity index (χ2n) is 8.31. The lowest BCUT2D eigenvalue weighted by Gasteiger charge is -2.12. The number of fused-ring (bicyclic) bond motifs is 1. The number of H-pyrrole nitrogens is 1. The van der Waals surface area contributed by atoms with Gasteiger partial charge in [-0.2, -0.15) is 5.10 Å². The van der Waals surface area contributed by atoms with E-state index in [0.717, 1.165) is 54.6 Å². The molecule has 2 aliphatic carbocycles. The van der Waals surface area contributed by atoms with Crippen molar-refractivity contribution in [3.63, 3.8) is 0 Å². The molecule has 0 bridgehead atoms. The fraction of sp³-hybridized carbons (Fsp3) is 0.500. The summed E-state index contributed by atoms with van der Waals surface area (Å²) in [5.41, 5.74) is 3.57. The fourth-order valence-electron chi connectivity index (χ4n) is 4.17. The molecule has 2 fully saturated rings. The third-order valence-electron chi connectivity index (χ3n) is 5.82. The molecule has 154 valence electrons. The monoisotopic (exact) mass is 416 g/mol. The fourth-order valence-corrected chi connectivity index (χ4v) is 5.77. The topological polar surface area (TPSA) is 113 Å². The van der Waals surface area contributed by atoms with E-state index < -0.39 is 9.84 Å². The number of aromatic nitrogens is 2. The first-order valence-electron chi connectivity index (χ1n) is 10.1. The van der Waals surface area contributed by atoms with Crippen LogP contribution in [0.1, 0.15) is 54.8 Å². The first-order valence-corrected chi connectivity index (χ1v) is 11.9. The standard InChI is InChI=1S/C20H24N4O4S/c25-20(22-15-4-5-15)28-17-6-2-12(8-17)18-9-19(24-23-18)21-16-3-1-13-10-29(26,27)11-14(13)7-16/h1,3,7,9,12,15,17H,2,4-6,8,10-11H2,(H,22,25)(H2,21,23,24). The van der Waals surface area contributed by atoms with Crippen molar-refractivity contribution < 1.29 is 17.9 Å². The zero-order valence-electron chi connectivity index (χ0n) is 16.0. The summed E-state index contributed by atoms with van der Waals surface area (Å²) < 4.78 is 29.1. The Labute approximate surface area is 169 Å². The Kier molecular flexibility index (Phi) is 4.49. The van der Waals surface area contributed by atoms with E-state index >= 15 is 0 Å². The molecule has 2 heterocycles. The van der Waals surface area contributed by atoms with Gasteiger partial charge in [0.1, 0.15) is 6.10 Å². The molecular formula is C20H24N4O4S. The van der Waals surface area contributed by atoms with Crippen LogP contribution in [0.5, 0.6) is 0 Å². The number of amides is 1. The highest BCUT2D eigenvalue weighted by atomic mass is 32.2. The van der Waals surface area contributed by atoms with Crippen molar-refractivity contribution in [2.45, 2.75) is 61.7 Å². The number of benzene rings is 1. The molecule has 9 heteroatoms. The predicted octanol–water partition coefficient (Wildman–Crippen LogP) is 3.11. The van der Waals surface area contributed by atoms with Gasteiger partial charge in [0.25, 0.3) is 0 Å². The maximum Gasteiger partial charge on any atom is 0.407 e. The van der Waals surface area contributed by atoms with Gasteiger partial charge in [-0.1, -0.05) is 6.07 Å². The lowest BCUT2D eigenvalue weighted by Crippen LogP contribution is -2.29. The molecule has 3 N–H and O–H groups in total. The van der Waals surface area contributed by atoms with E-state index in [1.54, 1.807) is 0 Å². The van der Waals surface area contributed by atoms with Gasteiger partial charge < -0.3 is 15.4 Å². The minimum atomic E-state index is -3.01. The van der Waals surface area contributed by atoms with Gasteiger partial charge in [-0.25, -0.2) is 13.2 Å². The summed E-state index contributed by atoms with van der Waals surface area (Å²) >= 11 is 0. The molecular weight excluding hydrogens is 392 g/mol. The number of ether oxygens (including phenoxy) is 1. The number of nitrogens with one attached hydrogen (secondary N) is 3. The minimum absolute atomic E-state index is 0.0582. The highest BCUT2D eigenvalue weighted by Crippen LogP contribution is 2.36. The second kappa shape index (κ2) is 7.05. The second-order valence-corrected chi connectivity index (χ2v) is 10.4. The van der Waals surface area contributed by atoms with E-state index in [4.69, 9.17) is 4.74 Å². The molecule has 0 saturated heterocycles. The Balaban J connectivity index is 1.19. The number of alkyl carbamates (subject to hydrolysis) is 1. The number of aromatic amines is 1. The van der Waals surface area contributed by atoms with E-state index in [1.165, 1.54) is 0 Å². The third kappa shape index (κ3) is 4.24. The van der Waals surface area contributed by atoms with Crippen molar-refractivity contribution in [3.8, 4) is 0 Å². The molecule has 2 aromatic rings. The Morgan fingerprint density at radius 3 is 2.76 bits per heavy atom. The average Bonchev–Trinajstić information content (AvgIpc) is 3.04. The van der Waals surface area contributed by atoms with E-state index in [-0.39, 0.29) is 29.6 Å². The van der Waals surface area contributed by atoms with Crippen molar-refractivity contribution in [2.75, 3.05) is 5.32 Å². The molecule has 5 rings (SSSR count). The summed E-state index contributed by atoms with van der Waals surface area (Å²) in [5.74, 6) is 1.19. The van der Waals surface area contributed by atoms with Gasteiger partial charge >= 0.3 is 6.09 Å². The van der Waals surface area contributed by atoms with Crippen LogP contribution < -0.4 is 10.6 Å². The van der Waals surface area contributed by atoms with Crippen LogP contribution in [0.4, 0.5) is 16.3 Å². The van der Waals surface area contributed by atoms with Crippen LogP contribution in [-0.4, -0.2) is 36.9 Å². The van der Waals surface area contributed by atoms with Crippen LogP contribution in [0.25, 0.3) is 0 Å². The minimum Gasteiger partial charge on any atom is -0.446 e. The summed E-state index contributed by atoms with van der Waals surface area (Å²) in [4.78, 5) is 11.8. The van der Waals surface area contributed by atoms with Crippen LogP contribution in [-0.2, 0) is 26.1 Å². The quantitative estimate of drug-likeness (QED) is 0.690. The zero-order chi connectivity index (χ0) is 20.0. The first-order chi connectivity index (χ1) is 13.9. The molecule has 0 radical (unpaired) electrons. The number of hydrogen-bond acceptors (Lipinski definition) is 6. The maximum atomic E-state index is 11.8. The van der Waals surface area contributed by atoms with Crippen LogP contribution in [0.3, 0.4) is 0 Å². The Bertz CT molecular complexity index is 1040. The molecule has 3 aliphatic rings. The predicted molar refractivity (Wildman–Crippen MR) is 108 cm³/mol. The van der Waals surface area contributed by atoms with Gasteiger partial charge in [0, 0.05) is 29.4 Å². The van der Waals surface area contributed by atoms with Crippen molar-refractivity contribution >= 4 is 27.4 Å². The Morgan fingerprint density at radius 1 is 1.10 bits per heavy atom. The van der Waals surface area contributed by atoms with Crippen LogP contribution in [0.2, 0.25) is 0 Å². The number of carbonyl (C=O) groups is 1. The summed E-state index contributed by atoms with van der Waals surface area (Å²) in [6.45, 7) is 0. The molecule has 1 aromatic heterocycles. The van der Waals surface area contributed by atoms with Crippen molar-refractivity contribution in [1.29, 1.82) is 0 Å². The smallest absolute Gasteiger partial charge is 0.407 e. The van der Waals surface area contributed by atoms with Crippen LogP contribution in [0.15, 0.2) is 24.3 Å². The van der Waals surface area contributed by atoms with Gasteiger partial charge in [-0.15, -0.1) is 0 Å². The van der Waals surface area contributed by atoms with Crippen molar-refractivity contribution in [1.82, 2.24) is 15.5 Å². The molecule has 2 atom stereocenters. The van der Waals surface area contributed by atoms with Gasteiger partial charge in [0.2, 0.25) is 0 Å². The number of nitrogens with zero attached hydrogens (tertiary/aromatic N) is 1.